The Labute approximate surface area is 102 Å². The molecule has 0 aliphatic heterocycles. The molecule has 0 saturated heterocycles. The summed E-state index contributed by atoms with van der Waals surface area (Å²) in [6.07, 6.45) is 1.71. The summed E-state index contributed by atoms with van der Waals surface area (Å²) >= 11 is 2.24. The van der Waals surface area contributed by atoms with E-state index in [0.29, 0.717) is 4.90 Å². The van der Waals surface area contributed by atoms with Crippen molar-refractivity contribution in [3.63, 3.8) is 0 Å². The molecule has 0 aliphatic rings. The Balaban J connectivity index is 3.31. The average molecular weight is 281 g/mol. The van der Waals surface area contributed by atoms with Gasteiger partial charge in [-0.2, -0.15) is 0 Å². The minimum Gasteiger partial charge on any atom is -0.462 e. The summed E-state index contributed by atoms with van der Waals surface area (Å²) in [5, 5.41) is 6.65. The molecule has 0 radical (unpaired) electrons. The van der Waals surface area contributed by atoms with E-state index < -0.39 is 16.0 Å². The highest BCUT2D eigenvalue weighted by Gasteiger charge is 2.26. The molecule has 5 nitrogen and oxygen atoms in total. The minimum atomic E-state index is -3.91. The van der Waals surface area contributed by atoms with Gasteiger partial charge in [-0.1, -0.05) is 0 Å². The van der Waals surface area contributed by atoms with Crippen molar-refractivity contribution in [2.75, 3.05) is 12.9 Å². The lowest BCUT2D eigenvalue weighted by Gasteiger charge is -2.03. The van der Waals surface area contributed by atoms with Crippen molar-refractivity contribution in [3.8, 4) is 0 Å². The second-order valence-electron chi connectivity index (χ2n) is 2.73. The molecule has 1 aromatic rings. The molecule has 1 rings (SSSR count). The Hall–Kier alpha value is -0.570. The quantitative estimate of drug-likeness (QED) is 0.664. The van der Waals surface area contributed by atoms with Gasteiger partial charge in [0.2, 0.25) is 10.0 Å². The maximum atomic E-state index is 11.5. The topological polar surface area (TPSA) is 86.5 Å². The number of thiophene rings is 1. The van der Waals surface area contributed by atoms with Gasteiger partial charge in [-0.3, -0.25) is 0 Å². The summed E-state index contributed by atoms with van der Waals surface area (Å²) in [5.74, 6) is -0.656. The first-order chi connectivity index (χ1) is 7.41. The lowest BCUT2D eigenvalue weighted by atomic mass is 10.5. The van der Waals surface area contributed by atoms with Crippen molar-refractivity contribution in [3.05, 3.63) is 10.3 Å². The molecular formula is C8H11NO4S3. The van der Waals surface area contributed by atoms with Gasteiger partial charge < -0.3 is 4.74 Å². The second kappa shape index (κ2) is 5.17. The molecule has 0 bridgehead atoms. The van der Waals surface area contributed by atoms with Gasteiger partial charge in [0.15, 0.2) is 0 Å². The van der Waals surface area contributed by atoms with Crippen molar-refractivity contribution in [2.45, 2.75) is 16.7 Å². The monoisotopic (exact) mass is 281 g/mol. The number of primary sulfonamides is 1. The zero-order chi connectivity index (χ0) is 12.3. The maximum absolute atomic E-state index is 11.5. The lowest BCUT2D eigenvalue weighted by molar-refractivity contribution is 0.0527. The first-order valence-corrected chi connectivity index (χ1v) is 7.92. The summed E-state index contributed by atoms with van der Waals surface area (Å²) in [5.41, 5.74) is 0. The van der Waals surface area contributed by atoms with Gasteiger partial charge in [0.05, 0.1) is 6.61 Å². The van der Waals surface area contributed by atoms with Crippen LogP contribution in [-0.4, -0.2) is 27.2 Å². The van der Waals surface area contributed by atoms with Crippen LogP contribution < -0.4 is 5.14 Å². The van der Waals surface area contributed by atoms with Crippen molar-refractivity contribution >= 4 is 39.1 Å². The highest BCUT2D eigenvalue weighted by Crippen LogP contribution is 2.33. The van der Waals surface area contributed by atoms with Crippen molar-refractivity contribution in [1.29, 1.82) is 0 Å². The third-order valence-electron chi connectivity index (χ3n) is 1.68. The van der Waals surface area contributed by atoms with Gasteiger partial charge in [0.25, 0.3) is 0 Å². The zero-order valence-electron chi connectivity index (χ0n) is 8.72. The maximum Gasteiger partial charge on any atom is 0.349 e. The molecule has 1 heterocycles. The molecule has 0 unspecified atom stereocenters. The standard InChI is InChI=1S/C8H11NO4S3/c1-3-13-8(10)6-7(16(9,11)12)5(14-2)4-15-6/h4H,3H2,1-2H3,(H2,9,11,12). The van der Waals surface area contributed by atoms with Crippen LogP contribution in [0.4, 0.5) is 0 Å². The van der Waals surface area contributed by atoms with E-state index >= 15 is 0 Å². The first-order valence-electron chi connectivity index (χ1n) is 4.27. The molecule has 0 spiro atoms. The van der Waals surface area contributed by atoms with Gasteiger partial charge in [0.1, 0.15) is 9.77 Å². The molecule has 90 valence electrons. The van der Waals surface area contributed by atoms with Crippen LogP contribution in [0.25, 0.3) is 0 Å². The van der Waals surface area contributed by atoms with E-state index in [9.17, 15) is 13.2 Å². The first kappa shape index (κ1) is 13.5. The van der Waals surface area contributed by atoms with Crippen LogP contribution in [0.2, 0.25) is 0 Å². The molecule has 8 heteroatoms. The highest BCUT2D eigenvalue weighted by atomic mass is 32.2. The molecule has 1 aromatic heterocycles. The van der Waals surface area contributed by atoms with E-state index in [1.54, 1.807) is 18.6 Å². The third kappa shape index (κ3) is 2.76. The minimum absolute atomic E-state index is 0.0358. The van der Waals surface area contributed by atoms with E-state index in [2.05, 4.69) is 0 Å². The molecule has 0 aromatic carbocycles. The summed E-state index contributed by atoms with van der Waals surface area (Å²) in [6.45, 7) is 1.84. The summed E-state index contributed by atoms with van der Waals surface area (Å²) in [4.78, 5) is 11.9. The fraction of sp³-hybridized carbons (Fsp3) is 0.375. The summed E-state index contributed by atoms with van der Waals surface area (Å²) in [7, 11) is -3.91. The fourth-order valence-electron chi connectivity index (χ4n) is 1.08. The van der Waals surface area contributed by atoms with Crippen molar-refractivity contribution in [2.24, 2.45) is 5.14 Å². The molecular weight excluding hydrogens is 270 g/mol. The van der Waals surface area contributed by atoms with Gasteiger partial charge in [0, 0.05) is 10.3 Å². The van der Waals surface area contributed by atoms with Gasteiger partial charge >= 0.3 is 5.97 Å². The molecule has 0 aliphatic carbocycles. The molecule has 0 amide bonds. The Bertz CT molecular complexity index is 491. The number of esters is 1. The summed E-state index contributed by atoms with van der Waals surface area (Å²) in [6, 6.07) is 0. The molecule has 16 heavy (non-hydrogen) atoms. The predicted molar refractivity (Wildman–Crippen MR) is 63.4 cm³/mol. The van der Waals surface area contributed by atoms with Crippen molar-refractivity contribution in [1.82, 2.24) is 0 Å². The number of carbonyl (C=O) groups is 1. The zero-order valence-corrected chi connectivity index (χ0v) is 11.2. The molecule has 2 N–H and O–H groups in total. The summed E-state index contributed by atoms with van der Waals surface area (Å²) < 4.78 is 27.5. The van der Waals surface area contributed by atoms with Crippen LogP contribution in [0.3, 0.4) is 0 Å². The number of hydrogen-bond acceptors (Lipinski definition) is 6. The van der Waals surface area contributed by atoms with Crippen LogP contribution >= 0.6 is 23.1 Å². The number of sulfonamides is 1. The van der Waals surface area contributed by atoms with Crippen LogP contribution in [-0.2, 0) is 14.8 Å². The van der Waals surface area contributed by atoms with E-state index in [-0.39, 0.29) is 16.4 Å². The van der Waals surface area contributed by atoms with Gasteiger partial charge in [-0.25, -0.2) is 18.4 Å². The normalized spacial score (nSPS) is 11.4. The van der Waals surface area contributed by atoms with Crippen molar-refractivity contribution < 1.29 is 17.9 Å². The number of thioether (sulfide) groups is 1. The predicted octanol–water partition coefficient (Wildman–Crippen LogP) is 1.29. The van der Waals surface area contributed by atoms with E-state index in [4.69, 9.17) is 9.88 Å². The largest absolute Gasteiger partial charge is 0.462 e. The number of hydrogen-bond donors (Lipinski definition) is 1. The number of nitrogens with two attached hydrogens (primary N) is 1. The number of carbonyl (C=O) groups excluding carboxylic acids is 1. The molecule has 0 fully saturated rings. The SMILES string of the molecule is CCOC(=O)c1scc(SC)c1S(N)(=O)=O. The highest BCUT2D eigenvalue weighted by molar-refractivity contribution is 7.99. The Morgan fingerprint density at radius 2 is 2.25 bits per heavy atom. The van der Waals surface area contributed by atoms with E-state index in [0.717, 1.165) is 11.3 Å². The average Bonchev–Trinajstić information content (AvgIpc) is 2.60. The van der Waals surface area contributed by atoms with Crippen LogP contribution in [0.15, 0.2) is 15.2 Å². The number of ether oxygens (including phenoxy) is 1. The Morgan fingerprint density at radius 3 is 2.69 bits per heavy atom. The Kier molecular flexibility index (Phi) is 4.36. The second-order valence-corrected chi connectivity index (χ2v) is 5.95. The fourth-order valence-corrected chi connectivity index (χ4v) is 4.52. The third-order valence-corrected chi connectivity index (χ3v) is 4.80. The smallest absolute Gasteiger partial charge is 0.349 e. The van der Waals surface area contributed by atoms with E-state index in [1.165, 1.54) is 11.8 Å². The van der Waals surface area contributed by atoms with Crippen LogP contribution in [0, 0.1) is 0 Å². The molecule has 0 atom stereocenters. The van der Waals surface area contributed by atoms with E-state index in [1.807, 2.05) is 0 Å². The number of rotatable bonds is 4. The van der Waals surface area contributed by atoms with Crippen LogP contribution in [0.1, 0.15) is 16.6 Å². The molecule has 0 saturated carbocycles. The Morgan fingerprint density at radius 1 is 1.62 bits per heavy atom. The van der Waals surface area contributed by atoms with Gasteiger partial charge in [-0.05, 0) is 13.2 Å². The van der Waals surface area contributed by atoms with Gasteiger partial charge in [-0.15, -0.1) is 23.1 Å². The lowest BCUT2D eigenvalue weighted by Crippen LogP contribution is -2.16. The van der Waals surface area contributed by atoms with Crippen LogP contribution in [0.5, 0.6) is 0 Å².